The van der Waals surface area contributed by atoms with E-state index in [1.807, 2.05) is 26.0 Å². The summed E-state index contributed by atoms with van der Waals surface area (Å²) in [7, 11) is 0. The third-order valence-corrected chi connectivity index (χ3v) is 3.85. The van der Waals surface area contributed by atoms with Gasteiger partial charge in [0, 0.05) is 6.21 Å². The minimum absolute atomic E-state index is 0.0357. The van der Waals surface area contributed by atoms with Crippen molar-refractivity contribution in [3.8, 4) is 11.5 Å². The first-order valence-corrected chi connectivity index (χ1v) is 7.76. The van der Waals surface area contributed by atoms with Crippen molar-refractivity contribution < 1.29 is 0 Å². The van der Waals surface area contributed by atoms with Crippen molar-refractivity contribution in [2.75, 3.05) is 0 Å². The van der Waals surface area contributed by atoms with E-state index in [0.29, 0.717) is 5.52 Å². The highest BCUT2D eigenvalue weighted by molar-refractivity contribution is 7.80. The van der Waals surface area contributed by atoms with Crippen LogP contribution in [0.15, 0.2) is 26.8 Å². The van der Waals surface area contributed by atoms with Crippen LogP contribution in [0.5, 0.6) is 0 Å². The Morgan fingerprint density at radius 2 is 2.08 bits per heavy atom. The first-order chi connectivity index (χ1) is 11.9. The highest BCUT2D eigenvalue weighted by Crippen LogP contribution is 2.23. The number of nitrogens with zero attached hydrogens (tertiary/aromatic N) is 4. The van der Waals surface area contributed by atoms with E-state index in [1.165, 1.54) is 6.21 Å². The van der Waals surface area contributed by atoms with Crippen LogP contribution in [0, 0.1) is 13.8 Å². The molecule has 2 aliphatic rings. The quantitative estimate of drug-likeness (QED) is 0.261. The number of nitrogens with two attached hydrogens (primary N) is 1. The number of fused-ring (bicyclic) bond motifs is 2. The number of rotatable bonds is 3. The van der Waals surface area contributed by atoms with Crippen LogP contribution in [0.1, 0.15) is 11.1 Å². The molecule has 3 rings (SSSR count). The molecule has 2 aliphatic heterocycles. The molecule has 128 valence electrons. The van der Waals surface area contributed by atoms with Crippen LogP contribution in [-0.2, 0) is 6.54 Å². The van der Waals surface area contributed by atoms with Crippen molar-refractivity contribution in [2.45, 2.75) is 20.4 Å². The molecule has 0 aliphatic carbocycles. The monoisotopic (exact) mass is 357 g/mol. The van der Waals surface area contributed by atoms with Gasteiger partial charge in [-0.25, -0.2) is 9.78 Å². The fourth-order valence-corrected chi connectivity index (χ4v) is 2.52. The lowest BCUT2D eigenvalue weighted by Gasteiger charge is -2.16. The summed E-state index contributed by atoms with van der Waals surface area (Å²) < 4.78 is 1.70. The van der Waals surface area contributed by atoms with E-state index >= 15 is 0 Å². The molecular weight excluding hydrogens is 342 g/mol. The van der Waals surface area contributed by atoms with Gasteiger partial charge in [0.1, 0.15) is 0 Å². The second kappa shape index (κ2) is 6.40. The number of aryl methyl sites for hydroxylation is 2. The number of nitrogens with one attached hydrogen (secondary N) is 2. The summed E-state index contributed by atoms with van der Waals surface area (Å²) >= 11 is 4.68. The lowest BCUT2D eigenvalue weighted by atomic mass is 10.1. The lowest BCUT2D eigenvalue weighted by molar-refractivity contribution is 0.831. The average Bonchev–Trinajstić information content (AvgIpc) is 2.53. The third-order valence-electron chi connectivity index (χ3n) is 3.75. The van der Waals surface area contributed by atoms with Gasteiger partial charge in [-0.3, -0.25) is 15.2 Å². The van der Waals surface area contributed by atoms with Crippen LogP contribution in [-0.4, -0.2) is 30.8 Å². The van der Waals surface area contributed by atoms with Gasteiger partial charge in [0.15, 0.2) is 16.6 Å². The van der Waals surface area contributed by atoms with Crippen LogP contribution in [0.4, 0.5) is 0 Å². The molecule has 0 bridgehead atoms. The molecule has 0 saturated carbocycles. The molecule has 9 nitrogen and oxygen atoms in total. The summed E-state index contributed by atoms with van der Waals surface area (Å²) in [5, 5.41) is 3.93. The van der Waals surface area contributed by atoms with E-state index in [2.05, 4.69) is 37.7 Å². The predicted molar refractivity (Wildman–Crippen MR) is 98.9 cm³/mol. The molecule has 0 atom stereocenters. The van der Waals surface area contributed by atoms with Crippen LogP contribution < -0.4 is 22.4 Å². The Bertz CT molecular complexity index is 1100. The Balaban J connectivity index is 2.29. The Morgan fingerprint density at radius 3 is 2.80 bits per heavy atom. The zero-order valence-corrected chi connectivity index (χ0v) is 14.3. The Hall–Kier alpha value is -3.14. The zero-order valence-electron chi connectivity index (χ0n) is 13.5. The third kappa shape index (κ3) is 3.24. The van der Waals surface area contributed by atoms with Crippen LogP contribution in [0.25, 0.3) is 22.6 Å². The molecule has 25 heavy (non-hydrogen) atoms. The molecule has 2 heterocycles. The van der Waals surface area contributed by atoms with Crippen molar-refractivity contribution in [3.05, 3.63) is 44.1 Å². The summed E-state index contributed by atoms with van der Waals surface area (Å²) in [5.74, 6) is 0.186. The largest absolute Gasteiger partial charge is 0.375 e. The average molecular weight is 357 g/mol. The maximum absolute atomic E-state index is 12.1. The molecule has 4 N–H and O–H groups in total. The van der Waals surface area contributed by atoms with Crippen molar-refractivity contribution >= 4 is 34.6 Å². The van der Waals surface area contributed by atoms with Crippen molar-refractivity contribution in [1.82, 2.24) is 24.9 Å². The van der Waals surface area contributed by atoms with E-state index in [9.17, 15) is 9.59 Å². The summed E-state index contributed by atoms with van der Waals surface area (Å²) in [5.41, 5.74) is 10.00. The zero-order chi connectivity index (χ0) is 18.1. The van der Waals surface area contributed by atoms with Gasteiger partial charge in [0.25, 0.3) is 5.56 Å². The first kappa shape index (κ1) is 16.7. The second-order valence-corrected chi connectivity index (χ2v) is 5.92. The van der Waals surface area contributed by atoms with Gasteiger partial charge < -0.3 is 10.3 Å². The molecule has 0 spiro atoms. The van der Waals surface area contributed by atoms with E-state index in [4.69, 9.17) is 5.73 Å². The maximum atomic E-state index is 12.1. The molecule has 0 radical (unpaired) electrons. The standard InChI is InChI=1S/C15H15N7O2S/c1-7-5-9-10(6-8(7)2)22(4-3-17-21-14(16)25)12-11(18-9)13(23)20-15(24)19-12/h3,5-6H,4H2,1-2H3,(H3,16,21,25)(H,20,23,24). The van der Waals surface area contributed by atoms with Gasteiger partial charge in [-0.2, -0.15) is 10.1 Å². The molecule has 0 unspecified atom stereocenters. The molecule has 1 aromatic carbocycles. The smallest absolute Gasteiger partial charge is 0.349 e. The lowest BCUT2D eigenvalue weighted by Crippen LogP contribution is -2.29. The summed E-state index contributed by atoms with van der Waals surface area (Å²) in [6.45, 7) is 4.17. The van der Waals surface area contributed by atoms with Gasteiger partial charge in [-0.15, -0.1) is 0 Å². The highest BCUT2D eigenvalue weighted by atomic mass is 32.1. The van der Waals surface area contributed by atoms with E-state index in [-0.39, 0.29) is 23.2 Å². The van der Waals surface area contributed by atoms with Gasteiger partial charge in [-0.1, -0.05) is 0 Å². The van der Waals surface area contributed by atoms with Gasteiger partial charge in [-0.05, 0) is 49.3 Å². The number of hydrazone groups is 1. The first-order valence-electron chi connectivity index (χ1n) is 7.35. The van der Waals surface area contributed by atoms with Crippen LogP contribution in [0.3, 0.4) is 0 Å². The summed E-state index contributed by atoms with van der Waals surface area (Å²) in [6, 6.07) is 3.81. The Labute approximate surface area is 146 Å². The predicted octanol–water partition coefficient (Wildman–Crippen LogP) is 0.0204. The molecule has 0 aromatic heterocycles. The topological polar surface area (TPSA) is 131 Å². The molecule has 0 amide bonds. The number of thiocarbonyl (C=S) groups is 1. The fraction of sp³-hybridized carbons (Fsp3) is 0.200. The molecule has 0 fully saturated rings. The SMILES string of the molecule is Cc1cc2nc3c(=O)[nH]c(=O)nc-3n(CC=NNC(N)=S)c2cc1C. The van der Waals surface area contributed by atoms with E-state index < -0.39 is 11.2 Å². The van der Waals surface area contributed by atoms with E-state index in [1.54, 1.807) is 4.57 Å². The number of hydrogen-bond donors (Lipinski definition) is 3. The highest BCUT2D eigenvalue weighted by Gasteiger charge is 2.18. The minimum Gasteiger partial charge on any atom is -0.375 e. The molecule has 10 heteroatoms. The minimum atomic E-state index is -0.727. The number of aromatic nitrogens is 4. The normalized spacial score (nSPS) is 11.4. The molecular formula is C15H15N7O2S. The van der Waals surface area contributed by atoms with Crippen LogP contribution >= 0.6 is 12.2 Å². The van der Waals surface area contributed by atoms with E-state index in [0.717, 1.165) is 16.6 Å². The number of benzene rings is 1. The second-order valence-electron chi connectivity index (χ2n) is 5.48. The molecule has 0 saturated heterocycles. The fourth-order valence-electron chi connectivity index (χ4n) is 2.47. The Morgan fingerprint density at radius 1 is 1.36 bits per heavy atom. The number of aromatic amines is 1. The van der Waals surface area contributed by atoms with Crippen LogP contribution in [0.2, 0.25) is 0 Å². The number of hydrogen-bond acceptors (Lipinski definition) is 6. The van der Waals surface area contributed by atoms with Crippen molar-refractivity contribution in [1.29, 1.82) is 0 Å². The Kier molecular flexibility index (Phi) is 4.28. The molecule has 1 aromatic rings. The van der Waals surface area contributed by atoms with Gasteiger partial charge in [0.05, 0.1) is 17.6 Å². The summed E-state index contributed by atoms with van der Waals surface area (Å²) in [6.07, 6.45) is 1.51. The van der Waals surface area contributed by atoms with Gasteiger partial charge >= 0.3 is 5.69 Å². The van der Waals surface area contributed by atoms with Gasteiger partial charge in [0.2, 0.25) is 0 Å². The summed E-state index contributed by atoms with van der Waals surface area (Å²) in [4.78, 5) is 34.2. The van der Waals surface area contributed by atoms with Crippen molar-refractivity contribution in [3.63, 3.8) is 0 Å². The number of H-pyrrole nitrogens is 1. The van der Waals surface area contributed by atoms with Crippen molar-refractivity contribution in [2.24, 2.45) is 10.8 Å². The maximum Gasteiger partial charge on any atom is 0.349 e.